The maximum atomic E-state index is 2.14. The van der Waals surface area contributed by atoms with Crippen LogP contribution >= 0.6 is 24.8 Å². The van der Waals surface area contributed by atoms with E-state index < -0.39 is 0 Å². The van der Waals surface area contributed by atoms with Gasteiger partial charge in [-0.2, -0.15) is 0 Å². The molecule has 0 fully saturated rings. The summed E-state index contributed by atoms with van der Waals surface area (Å²) < 4.78 is 2.14. The molecule has 3 heteroatoms. The second-order valence-electron chi connectivity index (χ2n) is 0.885. The van der Waals surface area contributed by atoms with Gasteiger partial charge in [-0.25, -0.2) is 0 Å². The molecule has 0 saturated carbocycles. The summed E-state index contributed by atoms with van der Waals surface area (Å²) in [6, 6.07) is 0. The molecule has 0 atom stereocenters. The average Bonchev–Trinajstić information content (AvgIpc) is 1.61. The molecular weight excluding hydrogens is 309 g/mol. The Hall–Kier alpha value is 0.930. The minimum absolute atomic E-state index is 0. The number of allylic oxidation sites excluding steroid dienone is 3. The van der Waals surface area contributed by atoms with Gasteiger partial charge in [0.05, 0.1) is 0 Å². The van der Waals surface area contributed by atoms with Crippen LogP contribution < -0.4 is 0 Å². The standard InChI is InChI=1S/C5H7.2ClH.Hf/c1-3-5-4-2;;;/h1,3-5H,2H3;2*1H;/b3-1?,5-4+;;;. The van der Waals surface area contributed by atoms with Gasteiger partial charge in [0.1, 0.15) is 0 Å². The van der Waals surface area contributed by atoms with E-state index in [1.807, 2.05) is 19.1 Å². The summed E-state index contributed by atoms with van der Waals surface area (Å²) in [6.45, 7) is 2.02. The van der Waals surface area contributed by atoms with Crippen molar-refractivity contribution in [3.8, 4) is 0 Å². The zero-order valence-electron chi connectivity index (χ0n) is 4.63. The number of hydrogen-bond donors (Lipinski definition) is 0. The number of hydrogen-bond acceptors (Lipinski definition) is 0. The smallest absolute Gasteiger partial charge is 0.147 e. The van der Waals surface area contributed by atoms with Crippen LogP contribution in [0.2, 0.25) is 0 Å². The zero-order chi connectivity index (χ0) is 4.83. The molecule has 8 heavy (non-hydrogen) atoms. The molecule has 0 unspecified atom stereocenters. The molecule has 0 aliphatic carbocycles. The predicted molar refractivity (Wildman–Crippen MR) is 38.5 cm³/mol. The van der Waals surface area contributed by atoms with E-state index in [1.165, 1.54) is 24.4 Å². The third kappa shape index (κ3) is 15.8. The van der Waals surface area contributed by atoms with Crippen LogP contribution in [0.5, 0.6) is 0 Å². The van der Waals surface area contributed by atoms with Crippen molar-refractivity contribution in [3.05, 3.63) is 22.1 Å². The molecule has 0 amide bonds. The molecule has 0 rings (SSSR count). The normalized spacial score (nSPS) is 8.50. The third-order valence-corrected chi connectivity index (χ3v) is 1.09. The summed E-state index contributed by atoms with van der Waals surface area (Å²) in [5.74, 6) is 0. The summed E-state index contributed by atoms with van der Waals surface area (Å²) in [5.41, 5.74) is 0. The quantitative estimate of drug-likeness (QED) is 0.515. The maximum Gasteiger partial charge on any atom is -0.147 e. The maximum absolute atomic E-state index is 2.14. The first-order valence-electron chi connectivity index (χ1n) is 1.87. The fraction of sp³-hybridized carbons (Fsp3) is 0.200. The van der Waals surface area contributed by atoms with Gasteiger partial charge < -0.3 is 0 Å². The number of rotatable bonds is 1. The van der Waals surface area contributed by atoms with Gasteiger partial charge in [0.15, 0.2) is 0 Å². The van der Waals surface area contributed by atoms with Crippen LogP contribution in [-0.4, -0.2) is 0 Å². The SMILES string of the molecule is C/C=C/C=[CH]/[Hf].Cl.Cl. The molecule has 0 aliphatic heterocycles. The molecule has 0 N–H and O–H groups in total. The first-order valence-corrected chi connectivity index (χ1v) is 3.94. The van der Waals surface area contributed by atoms with Crippen molar-refractivity contribution in [2.24, 2.45) is 0 Å². The second kappa shape index (κ2) is 15.7. The van der Waals surface area contributed by atoms with Crippen LogP contribution in [0.3, 0.4) is 0 Å². The van der Waals surface area contributed by atoms with Crippen LogP contribution in [-0.2, 0) is 24.4 Å². The van der Waals surface area contributed by atoms with E-state index in [1.54, 1.807) is 0 Å². The zero-order valence-corrected chi connectivity index (χ0v) is 9.85. The van der Waals surface area contributed by atoms with Crippen molar-refractivity contribution in [1.29, 1.82) is 0 Å². The Bertz CT molecular complexity index is 58.8. The van der Waals surface area contributed by atoms with Crippen LogP contribution in [0.15, 0.2) is 22.1 Å². The molecular formula is C5H9Cl2Hf. The van der Waals surface area contributed by atoms with E-state index in [2.05, 4.69) is 9.91 Å². The first-order chi connectivity index (χ1) is 2.91. The van der Waals surface area contributed by atoms with Gasteiger partial charge in [0.25, 0.3) is 0 Å². The Morgan fingerprint density at radius 2 is 1.62 bits per heavy atom. The Balaban J connectivity index is -0.000000125. The van der Waals surface area contributed by atoms with Crippen molar-refractivity contribution < 1.29 is 24.4 Å². The molecule has 0 nitrogen and oxygen atoms in total. The Morgan fingerprint density at radius 1 is 1.12 bits per heavy atom. The van der Waals surface area contributed by atoms with Gasteiger partial charge in [0, 0.05) is 0 Å². The van der Waals surface area contributed by atoms with Gasteiger partial charge in [-0.15, -0.1) is 24.8 Å². The fourth-order valence-corrected chi connectivity index (χ4v) is 0.566. The number of halogens is 2. The van der Waals surface area contributed by atoms with Crippen LogP contribution in [0, 0.1) is 0 Å². The summed E-state index contributed by atoms with van der Waals surface area (Å²) in [5, 5.41) is 0. The third-order valence-electron chi connectivity index (χ3n) is 0.400. The van der Waals surface area contributed by atoms with Crippen molar-refractivity contribution >= 4 is 24.8 Å². The van der Waals surface area contributed by atoms with E-state index in [9.17, 15) is 0 Å². The first kappa shape index (κ1) is 16.0. The van der Waals surface area contributed by atoms with Gasteiger partial charge >= 0.3 is 53.4 Å². The van der Waals surface area contributed by atoms with E-state index in [-0.39, 0.29) is 24.8 Å². The summed E-state index contributed by atoms with van der Waals surface area (Å²) in [7, 11) is 0. The van der Waals surface area contributed by atoms with Gasteiger partial charge in [-0.3, -0.25) is 0 Å². The van der Waals surface area contributed by atoms with Crippen molar-refractivity contribution in [1.82, 2.24) is 0 Å². The molecule has 0 spiro atoms. The van der Waals surface area contributed by atoms with Crippen LogP contribution in [0.25, 0.3) is 0 Å². The van der Waals surface area contributed by atoms with Gasteiger partial charge in [-0.1, -0.05) is 0 Å². The Kier molecular flexibility index (Phi) is 31.3. The molecule has 0 radical (unpaired) electrons. The average molecular weight is 319 g/mol. The monoisotopic (exact) mass is 319 g/mol. The molecule has 0 heterocycles. The molecule has 0 aromatic heterocycles. The topological polar surface area (TPSA) is 0 Å². The Morgan fingerprint density at radius 3 is 1.75 bits per heavy atom. The summed E-state index contributed by atoms with van der Waals surface area (Å²) >= 11 is 1.17. The minimum atomic E-state index is 0. The summed E-state index contributed by atoms with van der Waals surface area (Å²) in [6.07, 6.45) is 6.12. The molecule has 47 valence electrons. The molecule has 0 aromatic rings. The van der Waals surface area contributed by atoms with Crippen molar-refractivity contribution in [2.75, 3.05) is 0 Å². The van der Waals surface area contributed by atoms with Crippen LogP contribution in [0.1, 0.15) is 6.92 Å². The van der Waals surface area contributed by atoms with E-state index in [0.717, 1.165) is 0 Å². The van der Waals surface area contributed by atoms with E-state index in [0.29, 0.717) is 0 Å². The largest absolute Gasteiger partial charge is 0.147 e. The molecule has 0 aromatic carbocycles. The Labute approximate surface area is 77.8 Å². The fourth-order valence-electron chi connectivity index (χ4n) is 0.167. The molecule has 0 bridgehead atoms. The van der Waals surface area contributed by atoms with Crippen LogP contribution in [0.4, 0.5) is 0 Å². The van der Waals surface area contributed by atoms with Crippen molar-refractivity contribution in [2.45, 2.75) is 6.92 Å². The second-order valence-corrected chi connectivity index (χ2v) is 2.08. The molecule has 0 aliphatic rings. The van der Waals surface area contributed by atoms with E-state index in [4.69, 9.17) is 0 Å². The van der Waals surface area contributed by atoms with E-state index >= 15 is 0 Å². The van der Waals surface area contributed by atoms with Gasteiger partial charge in [0.2, 0.25) is 0 Å². The molecule has 0 saturated heterocycles. The summed E-state index contributed by atoms with van der Waals surface area (Å²) in [4.78, 5) is 0. The minimum Gasteiger partial charge on any atom is -0.147 e. The van der Waals surface area contributed by atoms with Gasteiger partial charge in [-0.05, 0) is 0 Å². The van der Waals surface area contributed by atoms with Crippen molar-refractivity contribution in [3.63, 3.8) is 0 Å². The predicted octanol–water partition coefficient (Wildman–Crippen LogP) is 2.47.